The molecule has 0 unspecified atom stereocenters. The van der Waals surface area contributed by atoms with Crippen LogP contribution in [0.5, 0.6) is 23.0 Å². The van der Waals surface area contributed by atoms with Gasteiger partial charge in [0.1, 0.15) is 23.0 Å². The minimum absolute atomic E-state index is 0.101. The first-order valence-electron chi connectivity index (χ1n) is 8.54. The second kappa shape index (κ2) is 9.62. The van der Waals surface area contributed by atoms with Crippen molar-refractivity contribution in [3.05, 3.63) is 47.5 Å². The van der Waals surface area contributed by atoms with Gasteiger partial charge in [0.05, 0.1) is 39.6 Å². The van der Waals surface area contributed by atoms with Crippen LogP contribution in [-0.2, 0) is 0 Å². The molecule has 6 nitrogen and oxygen atoms in total. The van der Waals surface area contributed by atoms with Crippen molar-refractivity contribution in [2.75, 3.05) is 28.4 Å². The lowest BCUT2D eigenvalue weighted by molar-refractivity contribution is 0.0954. The van der Waals surface area contributed by atoms with Crippen molar-refractivity contribution in [2.45, 2.75) is 19.3 Å². The Morgan fingerprint density at radius 1 is 0.667 bits per heavy atom. The second-order valence-corrected chi connectivity index (χ2v) is 5.83. The summed E-state index contributed by atoms with van der Waals surface area (Å²) in [7, 11) is 6.10. The Morgan fingerprint density at radius 3 is 1.41 bits per heavy atom. The van der Waals surface area contributed by atoms with E-state index in [9.17, 15) is 9.59 Å². The lowest BCUT2D eigenvalue weighted by Crippen LogP contribution is -2.06. The highest BCUT2D eigenvalue weighted by Gasteiger charge is 2.17. The van der Waals surface area contributed by atoms with E-state index in [1.165, 1.54) is 28.4 Å². The molecule has 0 aliphatic rings. The highest BCUT2D eigenvalue weighted by atomic mass is 16.5. The number of carbonyl (C=O) groups excluding carboxylic acids is 2. The molecule has 2 aromatic carbocycles. The normalized spacial score (nSPS) is 10.2. The van der Waals surface area contributed by atoms with Gasteiger partial charge in [0, 0.05) is 12.8 Å². The van der Waals surface area contributed by atoms with E-state index < -0.39 is 0 Å². The molecule has 0 N–H and O–H groups in total. The van der Waals surface area contributed by atoms with Crippen LogP contribution < -0.4 is 18.9 Å². The highest BCUT2D eigenvalue weighted by Crippen LogP contribution is 2.27. The maximum absolute atomic E-state index is 12.5. The number of ether oxygens (including phenoxy) is 4. The predicted octanol–water partition coefficient (Wildman–Crippen LogP) is 3.96. The number of rotatable bonds is 10. The molecule has 0 atom stereocenters. The van der Waals surface area contributed by atoms with Gasteiger partial charge in [-0.3, -0.25) is 9.59 Å². The van der Waals surface area contributed by atoms with E-state index in [4.69, 9.17) is 18.9 Å². The number of ketones is 2. The van der Waals surface area contributed by atoms with Crippen LogP contribution in [0.1, 0.15) is 40.0 Å². The Bertz CT molecular complexity index is 745. The van der Waals surface area contributed by atoms with Crippen LogP contribution in [0.3, 0.4) is 0 Å². The first-order valence-corrected chi connectivity index (χ1v) is 8.54. The number of hydrogen-bond donors (Lipinski definition) is 0. The van der Waals surface area contributed by atoms with E-state index in [-0.39, 0.29) is 24.4 Å². The average Bonchev–Trinajstić information content (AvgIpc) is 2.72. The molecule has 2 rings (SSSR count). The summed E-state index contributed by atoms with van der Waals surface area (Å²) >= 11 is 0. The van der Waals surface area contributed by atoms with Crippen LogP contribution in [0.2, 0.25) is 0 Å². The first-order chi connectivity index (χ1) is 13.0. The molecule has 0 saturated carbocycles. The maximum Gasteiger partial charge on any atom is 0.166 e. The van der Waals surface area contributed by atoms with Crippen molar-refractivity contribution >= 4 is 11.6 Å². The first kappa shape index (κ1) is 20.3. The monoisotopic (exact) mass is 372 g/mol. The summed E-state index contributed by atoms with van der Waals surface area (Å²) < 4.78 is 20.8. The minimum atomic E-state index is -0.101. The fraction of sp³-hybridized carbons (Fsp3) is 0.333. The molecule has 0 fully saturated rings. The predicted molar refractivity (Wildman–Crippen MR) is 102 cm³/mol. The summed E-state index contributed by atoms with van der Waals surface area (Å²) in [6.45, 7) is 0. The van der Waals surface area contributed by atoms with Crippen LogP contribution in [0, 0.1) is 0 Å². The van der Waals surface area contributed by atoms with Gasteiger partial charge in [0.15, 0.2) is 11.6 Å². The minimum Gasteiger partial charge on any atom is -0.497 e. The Balaban J connectivity index is 2.04. The van der Waals surface area contributed by atoms with Crippen LogP contribution in [0.15, 0.2) is 36.4 Å². The third-order valence-corrected chi connectivity index (χ3v) is 4.22. The van der Waals surface area contributed by atoms with Crippen LogP contribution >= 0.6 is 0 Å². The molecule has 0 saturated heterocycles. The van der Waals surface area contributed by atoms with E-state index in [0.717, 1.165) is 0 Å². The van der Waals surface area contributed by atoms with Gasteiger partial charge < -0.3 is 18.9 Å². The summed E-state index contributed by atoms with van der Waals surface area (Å²) in [6.07, 6.45) is 0.863. The molecule has 0 spiro atoms. The highest BCUT2D eigenvalue weighted by molar-refractivity contribution is 6.01. The van der Waals surface area contributed by atoms with E-state index in [1.807, 2.05) is 0 Å². The molecular formula is C21H24O6. The zero-order valence-corrected chi connectivity index (χ0v) is 16.0. The molecule has 0 bridgehead atoms. The van der Waals surface area contributed by atoms with Crippen LogP contribution in [0.25, 0.3) is 0 Å². The molecule has 0 heterocycles. The van der Waals surface area contributed by atoms with Gasteiger partial charge >= 0.3 is 0 Å². The summed E-state index contributed by atoms with van der Waals surface area (Å²) in [5.74, 6) is 1.93. The maximum atomic E-state index is 12.5. The lowest BCUT2D eigenvalue weighted by atomic mass is 10.00. The Labute approximate surface area is 159 Å². The molecule has 0 radical (unpaired) electrons. The molecule has 2 aromatic rings. The molecule has 27 heavy (non-hydrogen) atoms. The smallest absolute Gasteiger partial charge is 0.166 e. The molecule has 0 amide bonds. The van der Waals surface area contributed by atoms with Gasteiger partial charge in [-0.2, -0.15) is 0 Å². The quantitative estimate of drug-likeness (QED) is 0.588. The lowest BCUT2D eigenvalue weighted by Gasteiger charge is -2.11. The van der Waals surface area contributed by atoms with Gasteiger partial charge in [-0.1, -0.05) is 0 Å². The molecule has 0 aliphatic heterocycles. The topological polar surface area (TPSA) is 71.1 Å². The van der Waals surface area contributed by atoms with E-state index in [2.05, 4.69) is 0 Å². The molecule has 6 heteroatoms. The number of hydrogen-bond acceptors (Lipinski definition) is 6. The van der Waals surface area contributed by atoms with E-state index >= 15 is 0 Å². The van der Waals surface area contributed by atoms with Crippen molar-refractivity contribution in [3.8, 4) is 23.0 Å². The summed E-state index contributed by atoms with van der Waals surface area (Å²) in [6, 6.07) is 10.1. The zero-order chi connectivity index (χ0) is 19.8. The van der Waals surface area contributed by atoms with Crippen molar-refractivity contribution in [1.82, 2.24) is 0 Å². The molecule has 144 valence electrons. The van der Waals surface area contributed by atoms with Gasteiger partial charge in [-0.05, 0) is 42.8 Å². The van der Waals surface area contributed by atoms with Crippen molar-refractivity contribution < 1.29 is 28.5 Å². The zero-order valence-electron chi connectivity index (χ0n) is 16.0. The van der Waals surface area contributed by atoms with Crippen LogP contribution in [-0.4, -0.2) is 40.0 Å². The Morgan fingerprint density at radius 2 is 1.07 bits per heavy atom. The Hall–Kier alpha value is -3.02. The number of carbonyl (C=O) groups is 2. The largest absolute Gasteiger partial charge is 0.497 e. The summed E-state index contributed by atoms with van der Waals surface area (Å²) in [4.78, 5) is 25.1. The SMILES string of the molecule is COc1ccc(OC)c(C(=O)CCCC(=O)c2cc(OC)ccc2OC)c1. The second-order valence-electron chi connectivity index (χ2n) is 5.83. The molecule has 0 aromatic heterocycles. The average molecular weight is 372 g/mol. The van der Waals surface area contributed by atoms with Crippen molar-refractivity contribution in [1.29, 1.82) is 0 Å². The van der Waals surface area contributed by atoms with E-state index in [0.29, 0.717) is 40.5 Å². The van der Waals surface area contributed by atoms with E-state index in [1.54, 1.807) is 36.4 Å². The molecule has 0 aliphatic carbocycles. The Kier molecular flexibility index (Phi) is 7.23. The van der Waals surface area contributed by atoms with Gasteiger partial charge in [-0.25, -0.2) is 0 Å². The number of Topliss-reactive ketones (excluding diaryl/α,β-unsaturated/α-hetero) is 2. The fourth-order valence-electron chi connectivity index (χ4n) is 2.74. The van der Waals surface area contributed by atoms with Gasteiger partial charge in [-0.15, -0.1) is 0 Å². The standard InChI is InChI=1S/C21H24O6/c1-24-14-8-10-20(26-3)16(12-14)18(22)6-5-7-19(23)17-13-15(25-2)9-11-21(17)27-4/h8-13H,5-7H2,1-4H3. The van der Waals surface area contributed by atoms with Gasteiger partial charge in [0.25, 0.3) is 0 Å². The third kappa shape index (κ3) is 5.00. The van der Waals surface area contributed by atoms with Crippen molar-refractivity contribution in [3.63, 3.8) is 0 Å². The number of benzene rings is 2. The third-order valence-electron chi connectivity index (χ3n) is 4.22. The molecular weight excluding hydrogens is 348 g/mol. The summed E-state index contributed by atoms with van der Waals surface area (Å²) in [5, 5.41) is 0. The fourth-order valence-corrected chi connectivity index (χ4v) is 2.74. The van der Waals surface area contributed by atoms with Crippen LogP contribution in [0.4, 0.5) is 0 Å². The summed E-state index contributed by atoms with van der Waals surface area (Å²) in [5.41, 5.74) is 0.895. The van der Waals surface area contributed by atoms with Crippen molar-refractivity contribution in [2.24, 2.45) is 0 Å². The number of methoxy groups -OCH3 is 4. The van der Waals surface area contributed by atoms with Gasteiger partial charge in [0.2, 0.25) is 0 Å².